The molecule has 0 aromatic carbocycles. The summed E-state index contributed by atoms with van der Waals surface area (Å²) in [6.45, 7) is -6.44. The van der Waals surface area contributed by atoms with E-state index >= 15 is 0 Å². The Hall–Kier alpha value is -1.70. The number of nitrogen functional groups attached to an aromatic ring is 1. The maximum absolute atomic E-state index is 12.6. The summed E-state index contributed by atoms with van der Waals surface area (Å²) in [6.07, 6.45) is -8.22. The lowest BCUT2D eigenvalue weighted by Gasteiger charge is -2.41. The first-order valence-corrected chi connectivity index (χ1v) is 15.9. The van der Waals surface area contributed by atoms with Gasteiger partial charge in [-0.1, -0.05) is 5.92 Å². The minimum atomic E-state index is -5.47. The first-order chi connectivity index (χ1) is 19.5. The van der Waals surface area contributed by atoms with Crippen molar-refractivity contribution in [2.45, 2.75) is 60.7 Å². The van der Waals surface area contributed by atoms with Gasteiger partial charge in [0.1, 0.15) is 66.2 Å². The van der Waals surface area contributed by atoms with Crippen molar-refractivity contribution in [2.75, 3.05) is 18.9 Å². The number of ether oxygens (including phenoxy) is 2. The quantitative estimate of drug-likeness (QED) is 0.0873. The summed E-state index contributed by atoms with van der Waals surface area (Å²) in [5.41, 5.74) is 10.7. The number of anilines is 1. The zero-order valence-corrected chi connectivity index (χ0v) is 23.7. The maximum Gasteiger partial charge on any atom is 0.481 e. The van der Waals surface area contributed by atoms with E-state index in [2.05, 4.69) is 24.7 Å². The van der Waals surface area contributed by atoms with Gasteiger partial charge in [0.15, 0.2) is 17.7 Å². The summed E-state index contributed by atoms with van der Waals surface area (Å²) in [7, 11) is -5.47. The van der Waals surface area contributed by atoms with Crippen LogP contribution in [0.15, 0.2) is 17.0 Å². The second-order valence-corrected chi connectivity index (χ2v) is 13.7. The maximum atomic E-state index is 12.6. The Kier molecular flexibility index (Phi) is 9.77. The molecule has 2 aliphatic rings. The molecule has 12 N–H and O–H groups in total. The van der Waals surface area contributed by atoms with Gasteiger partial charge in [0.25, 0.3) is 0 Å². The number of aliphatic hydroxyl groups is 6. The molecule has 2 aromatic heterocycles. The summed E-state index contributed by atoms with van der Waals surface area (Å²) >= 11 is 4.75. The molecule has 12 atom stereocenters. The molecule has 2 aromatic rings. The number of rotatable bonds is 10. The Labute approximate surface area is 241 Å². The van der Waals surface area contributed by atoms with Gasteiger partial charge in [-0.05, 0) is 11.8 Å². The van der Waals surface area contributed by atoms with Crippen LogP contribution in [0.1, 0.15) is 11.7 Å². The minimum Gasteiger partial charge on any atom is -0.458 e. The third-order valence-electron chi connectivity index (χ3n) is 6.55. The van der Waals surface area contributed by atoms with E-state index in [0.717, 1.165) is 6.33 Å². The molecular formula is C20H28N4O15P2S. The number of phosphoric acid groups is 1. The molecule has 7 unspecified atom stereocenters. The third-order valence-corrected chi connectivity index (χ3v) is 10.1. The fraction of sp³-hybridized carbons (Fsp3) is 0.600. The molecule has 234 valence electrons. The van der Waals surface area contributed by atoms with Crippen LogP contribution in [-0.4, -0.2) is 118 Å². The van der Waals surface area contributed by atoms with E-state index in [4.69, 9.17) is 53.2 Å². The fourth-order valence-electron chi connectivity index (χ4n) is 4.37. The molecule has 0 amide bonds. The largest absolute Gasteiger partial charge is 0.481 e. The number of hydrogen-bond donors (Lipinski definition) is 10. The summed E-state index contributed by atoms with van der Waals surface area (Å²) in [5, 5.41) is 59.7. The summed E-state index contributed by atoms with van der Waals surface area (Å²) in [6, 6.07) is 0. The fourth-order valence-corrected chi connectivity index (χ4v) is 7.47. The monoisotopic (exact) mass is 658 g/mol. The van der Waals surface area contributed by atoms with Crippen LogP contribution in [0.5, 0.6) is 0 Å². The van der Waals surface area contributed by atoms with Crippen LogP contribution in [0.4, 0.5) is 5.82 Å². The molecule has 0 saturated carbocycles. The average molecular weight is 658 g/mol. The van der Waals surface area contributed by atoms with Crippen molar-refractivity contribution >= 4 is 43.3 Å². The molecule has 0 aliphatic carbocycles. The molecule has 22 heteroatoms. The predicted octanol–water partition coefficient (Wildman–Crippen LogP) is -3.54. The first kappa shape index (κ1) is 33.2. The first-order valence-electron chi connectivity index (χ1n) is 11.8. The van der Waals surface area contributed by atoms with Crippen molar-refractivity contribution < 1.29 is 72.2 Å². The lowest BCUT2D eigenvalue weighted by Crippen LogP contribution is -2.61. The van der Waals surface area contributed by atoms with Gasteiger partial charge in [0.2, 0.25) is 0 Å². The Morgan fingerprint density at radius 2 is 1.88 bits per heavy atom. The van der Waals surface area contributed by atoms with Crippen molar-refractivity contribution in [1.82, 2.24) is 9.97 Å². The van der Waals surface area contributed by atoms with Crippen LogP contribution in [0.25, 0.3) is 11.1 Å². The summed E-state index contributed by atoms with van der Waals surface area (Å²) in [5.74, 6) is 2.26. The van der Waals surface area contributed by atoms with Crippen molar-refractivity contribution in [2.24, 2.45) is 5.73 Å². The molecule has 4 rings (SSSR count). The third kappa shape index (κ3) is 6.39. The topological polar surface area (TPSA) is 316 Å². The van der Waals surface area contributed by atoms with E-state index in [1.54, 1.807) is 0 Å². The van der Waals surface area contributed by atoms with Crippen LogP contribution >= 0.6 is 14.5 Å². The number of fused-ring (bicyclic) bond motifs is 1. The lowest BCUT2D eigenvalue weighted by molar-refractivity contribution is -0.292. The van der Waals surface area contributed by atoms with E-state index in [1.165, 1.54) is 6.26 Å². The number of phosphoric ester groups is 1. The van der Waals surface area contributed by atoms with Crippen LogP contribution < -0.4 is 11.5 Å². The average Bonchev–Trinajstić information content (AvgIpc) is 3.46. The molecule has 42 heavy (non-hydrogen) atoms. The number of aromatic nitrogens is 2. The zero-order chi connectivity index (χ0) is 31.2. The van der Waals surface area contributed by atoms with Gasteiger partial charge < -0.3 is 70.3 Å². The smallest absolute Gasteiger partial charge is 0.458 e. The number of hydrogen-bond acceptors (Lipinski definition) is 18. The molecule has 0 radical (unpaired) electrons. The Morgan fingerprint density at radius 3 is 2.52 bits per heavy atom. The van der Waals surface area contributed by atoms with Crippen molar-refractivity contribution in [3.05, 3.63) is 18.2 Å². The lowest BCUT2D eigenvalue weighted by atomic mass is 9.85. The van der Waals surface area contributed by atoms with Crippen molar-refractivity contribution in [3.63, 3.8) is 0 Å². The van der Waals surface area contributed by atoms with Gasteiger partial charge in [-0.15, -0.1) is 6.42 Å². The molecule has 0 spiro atoms. The van der Waals surface area contributed by atoms with Gasteiger partial charge in [0.05, 0.1) is 19.5 Å². The number of terminal acetylenes is 1. The SMILES string of the molecule is C#C[C@@]1(N)[C@H](O)[C@@H](COP(O)(=S)OP(=O)(O)OC2OC([C@@H](O)CO)C(O)C(O)C2O)O[C@H]1c1coc2c(N)ncnc12. The van der Waals surface area contributed by atoms with Gasteiger partial charge in [-0.25, -0.2) is 18.8 Å². The highest BCUT2D eigenvalue weighted by Gasteiger charge is 2.55. The van der Waals surface area contributed by atoms with Gasteiger partial charge in [0, 0.05) is 5.56 Å². The van der Waals surface area contributed by atoms with Crippen LogP contribution in [-0.2, 0) is 39.2 Å². The van der Waals surface area contributed by atoms with Crippen molar-refractivity contribution in [3.8, 4) is 12.3 Å². The second-order valence-electron chi connectivity index (χ2n) is 9.32. The number of nitrogens with zero attached hydrogens (tertiary/aromatic N) is 2. The molecule has 19 nitrogen and oxygen atoms in total. The molecule has 0 bridgehead atoms. The number of furan rings is 1. The minimum absolute atomic E-state index is 0.0127. The van der Waals surface area contributed by atoms with Crippen molar-refractivity contribution in [1.29, 1.82) is 0 Å². The highest BCUT2D eigenvalue weighted by Crippen LogP contribution is 2.62. The normalized spacial score (nSPS) is 37.1. The predicted molar refractivity (Wildman–Crippen MR) is 140 cm³/mol. The Bertz CT molecular complexity index is 1430. The van der Waals surface area contributed by atoms with E-state index in [9.17, 15) is 39.9 Å². The van der Waals surface area contributed by atoms with Crippen LogP contribution in [0.2, 0.25) is 0 Å². The second kappa shape index (κ2) is 12.4. The van der Waals surface area contributed by atoms with E-state index in [1.807, 2.05) is 0 Å². The van der Waals surface area contributed by atoms with E-state index < -0.39 is 88.4 Å². The van der Waals surface area contributed by atoms with Crippen LogP contribution in [0, 0.1) is 12.3 Å². The molecule has 2 saturated heterocycles. The highest BCUT2D eigenvalue weighted by atomic mass is 32.5. The van der Waals surface area contributed by atoms with Crippen LogP contribution in [0.3, 0.4) is 0 Å². The highest BCUT2D eigenvalue weighted by molar-refractivity contribution is 8.08. The summed E-state index contributed by atoms with van der Waals surface area (Å²) < 4.78 is 43.0. The Balaban J connectivity index is 1.44. The Morgan fingerprint density at radius 1 is 1.19 bits per heavy atom. The number of nitrogens with two attached hydrogens (primary N) is 2. The number of aliphatic hydroxyl groups excluding tert-OH is 6. The molecule has 2 aliphatic heterocycles. The molecule has 2 fully saturated rings. The van der Waals surface area contributed by atoms with Gasteiger partial charge in [-0.2, -0.15) is 0 Å². The van der Waals surface area contributed by atoms with Gasteiger partial charge >= 0.3 is 14.5 Å². The standard InChI is InChI=1S/C20H28N4O15P2S/c1-2-20(22)16(30)9(36-17(20)7-4-34-15-10(7)23-6-24-18(15)21)5-35-41(33,42)39-40(31,32)38-19-13(29)11(27)12(28)14(37-19)8(26)3-25/h1,4,6,8-9,11-14,16-17,19,25-30H,3,5,22H2,(H,31,32)(H,33,42)(H2,21,23,24)/t8-,9+,11?,12?,13?,14?,16+,17-,19?,20+,41?/m0/s1. The zero-order valence-electron chi connectivity index (χ0n) is 21.1. The van der Waals surface area contributed by atoms with E-state index in [-0.39, 0.29) is 22.5 Å². The van der Waals surface area contributed by atoms with E-state index in [0.29, 0.717) is 0 Å². The molecular weight excluding hydrogens is 630 g/mol. The van der Waals surface area contributed by atoms with Gasteiger partial charge in [-0.3, -0.25) is 4.52 Å². The summed E-state index contributed by atoms with van der Waals surface area (Å²) in [4.78, 5) is 28.4. The molecule has 4 heterocycles.